The third kappa shape index (κ3) is 1.44. The number of nitrogens with two attached hydrogens (primary N) is 1. The molecule has 0 saturated heterocycles. The van der Waals surface area contributed by atoms with Crippen LogP contribution < -0.4 is 10.6 Å². The second-order valence-electron chi connectivity index (χ2n) is 5.85. The van der Waals surface area contributed by atoms with Crippen molar-refractivity contribution in [1.82, 2.24) is 0 Å². The van der Waals surface area contributed by atoms with Gasteiger partial charge in [-0.3, -0.25) is 4.79 Å². The Morgan fingerprint density at radius 2 is 2.11 bits per heavy atom. The van der Waals surface area contributed by atoms with Crippen LogP contribution in [-0.2, 0) is 10.2 Å². The number of carbonyl (C=O) groups is 1. The van der Waals surface area contributed by atoms with Gasteiger partial charge in [0.25, 0.3) is 0 Å². The van der Waals surface area contributed by atoms with Crippen LogP contribution in [-0.4, -0.2) is 12.5 Å². The summed E-state index contributed by atoms with van der Waals surface area (Å²) in [4.78, 5) is 14.2. The Morgan fingerprint density at radius 1 is 1.44 bits per heavy atom. The summed E-state index contributed by atoms with van der Waals surface area (Å²) in [6, 6.07) is 3.31. The van der Waals surface area contributed by atoms with Crippen molar-refractivity contribution >= 4 is 17.3 Å². The number of halogens is 1. The summed E-state index contributed by atoms with van der Waals surface area (Å²) >= 11 is 0. The Morgan fingerprint density at radius 3 is 2.72 bits per heavy atom. The fraction of sp³-hybridized carbons (Fsp3) is 0.500. The van der Waals surface area contributed by atoms with Crippen molar-refractivity contribution in [2.45, 2.75) is 32.1 Å². The van der Waals surface area contributed by atoms with Crippen molar-refractivity contribution in [3.05, 3.63) is 23.5 Å². The van der Waals surface area contributed by atoms with Crippen molar-refractivity contribution < 1.29 is 9.18 Å². The number of rotatable bonds is 2. The van der Waals surface area contributed by atoms with Crippen LogP contribution in [0.2, 0.25) is 0 Å². The number of carbonyl (C=O) groups excluding carboxylic acids is 1. The molecule has 1 aromatic rings. The molecule has 2 aliphatic rings. The van der Waals surface area contributed by atoms with Crippen molar-refractivity contribution in [2.24, 2.45) is 5.92 Å². The normalized spacial score (nSPS) is 21.3. The van der Waals surface area contributed by atoms with Crippen LogP contribution in [0.4, 0.5) is 15.8 Å². The minimum Gasteiger partial charge on any atom is -0.396 e. The highest BCUT2D eigenvalue weighted by Crippen LogP contribution is 2.46. The minimum absolute atomic E-state index is 0.0195. The molecule has 0 atom stereocenters. The zero-order valence-electron chi connectivity index (χ0n) is 10.7. The number of nitrogens with zero attached hydrogens (tertiary/aromatic N) is 1. The number of fused-ring (bicyclic) bond motifs is 1. The third-order valence-corrected chi connectivity index (χ3v) is 3.98. The first-order valence-corrected chi connectivity index (χ1v) is 6.33. The predicted octanol–water partition coefficient (Wildman–Crippen LogP) is 2.44. The van der Waals surface area contributed by atoms with Gasteiger partial charge in [0.1, 0.15) is 0 Å². The van der Waals surface area contributed by atoms with Gasteiger partial charge in [-0.05, 0) is 44.7 Å². The van der Waals surface area contributed by atoms with Crippen molar-refractivity contribution in [2.75, 3.05) is 17.2 Å². The molecule has 1 aliphatic carbocycles. The molecule has 0 spiro atoms. The SMILES string of the molecule is CC1(C)C(=O)N(CC2CC2)c2ccc(N)c(F)c21. The smallest absolute Gasteiger partial charge is 0.237 e. The lowest BCUT2D eigenvalue weighted by atomic mass is 9.85. The number of amides is 1. The van der Waals surface area contributed by atoms with Gasteiger partial charge in [-0.1, -0.05) is 0 Å². The fourth-order valence-electron chi connectivity index (χ4n) is 2.70. The Bertz CT molecular complexity index is 535. The summed E-state index contributed by atoms with van der Waals surface area (Å²) in [5.41, 5.74) is 6.06. The van der Waals surface area contributed by atoms with Crippen LogP contribution in [0.25, 0.3) is 0 Å². The van der Waals surface area contributed by atoms with Crippen LogP contribution in [0, 0.1) is 11.7 Å². The average molecular weight is 248 g/mol. The summed E-state index contributed by atoms with van der Waals surface area (Å²) in [7, 11) is 0. The molecule has 1 amide bonds. The second-order valence-corrected chi connectivity index (χ2v) is 5.85. The Kier molecular flexibility index (Phi) is 2.22. The Hall–Kier alpha value is -1.58. The molecule has 0 unspecified atom stereocenters. The minimum atomic E-state index is -0.816. The van der Waals surface area contributed by atoms with E-state index in [2.05, 4.69) is 0 Å². The molecular weight excluding hydrogens is 231 g/mol. The number of hydrogen-bond donors (Lipinski definition) is 1. The van der Waals surface area contributed by atoms with Crippen LogP contribution in [0.1, 0.15) is 32.3 Å². The average Bonchev–Trinajstić information content (AvgIpc) is 3.09. The predicted molar refractivity (Wildman–Crippen MR) is 68.9 cm³/mol. The van der Waals surface area contributed by atoms with E-state index < -0.39 is 11.2 Å². The highest BCUT2D eigenvalue weighted by Gasteiger charge is 2.47. The molecule has 18 heavy (non-hydrogen) atoms. The lowest BCUT2D eigenvalue weighted by molar-refractivity contribution is -0.122. The van der Waals surface area contributed by atoms with Gasteiger partial charge in [0.05, 0.1) is 16.8 Å². The van der Waals surface area contributed by atoms with E-state index in [0.717, 1.165) is 12.8 Å². The van der Waals surface area contributed by atoms with Crippen LogP contribution in [0.15, 0.2) is 12.1 Å². The van der Waals surface area contributed by atoms with E-state index in [1.54, 1.807) is 30.9 Å². The molecule has 1 aromatic carbocycles. The first kappa shape index (κ1) is 11.5. The van der Waals surface area contributed by atoms with E-state index >= 15 is 0 Å². The number of benzene rings is 1. The largest absolute Gasteiger partial charge is 0.396 e. The highest BCUT2D eigenvalue weighted by molar-refractivity contribution is 6.08. The van der Waals surface area contributed by atoms with Gasteiger partial charge in [-0.25, -0.2) is 4.39 Å². The Labute approximate surface area is 106 Å². The summed E-state index contributed by atoms with van der Waals surface area (Å²) in [6.45, 7) is 4.24. The topological polar surface area (TPSA) is 46.3 Å². The molecule has 1 aliphatic heterocycles. The first-order chi connectivity index (χ1) is 8.43. The number of hydrogen-bond acceptors (Lipinski definition) is 2. The molecular formula is C14H17FN2O. The van der Waals surface area contributed by atoms with Crippen LogP contribution in [0.3, 0.4) is 0 Å². The second kappa shape index (κ2) is 3.46. The summed E-state index contributed by atoms with van der Waals surface area (Å²) in [6.07, 6.45) is 2.33. The van der Waals surface area contributed by atoms with Crippen molar-refractivity contribution in [1.29, 1.82) is 0 Å². The van der Waals surface area contributed by atoms with Gasteiger partial charge >= 0.3 is 0 Å². The molecule has 3 rings (SSSR count). The molecule has 4 heteroatoms. The zero-order chi connectivity index (χ0) is 13.1. The maximum absolute atomic E-state index is 14.2. The summed E-state index contributed by atoms with van der Waals surface area (Å²) in [5.74, 6) is 0.120. The van der Waals surface area contributed by atoms with Crippen molar-refractivity contribution in [3.8, 4) is 0 Å². The van der Waals surface area contributed by atoms with E-state index in [4.69, 9.17) is 5.73 Å². The molecule has 1 fully saturated rings. The monoisotopic (exact) mass is 248 g/mol. The van der Waals surface area contributed by atoms with Gasteiger partial charge in [-0.2, -0.15) is 0 Å². The van der Waals surface area contributed by atoms with Crippen LogP contribution >= 0.6 is 0 Å². The molecule has 1 saturated carbocycles. The number of anilines is 2. The van der Waals surface area contributed by atoms with Gasteiger partial charge in [0.2, 0.25) is 5.91 Å². The van der Waals surface area contributed by atoms with Crippen molar-refractivity contribution in [3.63, 3.8) is 0 Å². The van der Waals surface area contributed by atoms with E-state index in [9.17, 15) is 9.18 Å². The van der Waals surface area contributed by atoms with Crippen LogP contribution in [0.5, 0.6) is 0 Å². The molecule has 0 radical (unpaired) electrons. The van der Waals surface area contributed by atoms with Gasteiger partial charge in [0, 0.05) is 12.1 Å². The molecule has 96 valence electrons. The maximum atomic E-state index is 14.2. The van der Waals surface area contributed by atoms with Gasteiger partial charge in [-0.15, -0.1) is 0 Å². The number of nitrogen functional groups attached to an aromatic ring is 1. The molecule has 2 N–H and O–H groups in total. The Balaban J connectivity index is 2.13. The highest BCUT2D eigenvalue weighted by atomic mass is 19.1. The van der Waals surface area contributed by atoms with E-state index in [-0.39, 0.29) is 11.6 Å². The van der Waals surface area contributed by atoms with Gasteiger partial charge in [0.15, 0.2) is 5.82 Å². The van der Waals surface area contributed by atoms with E-state index in [0.29, 0.717) is 23.7 Å². The maximum Gasteiger partial charge on any atom is 0.237 e. The molecule has 3 nitrogen and oxygen atoms in total. The fourth-order valence-corrected chi connectivity index (χ4v) is 2.70. The molecule has 0 aromatic heterocycles. The lowest BCUT2D eigenvalue weighted by Gasteiger charge is -2.20. The van der Waals surface area contributed by atoms with E-state index in [1.807, 2.05) is 0 Å². The third-order valence-electron chi connectivity index (χ3n) is 3.98. The zero-order valence-corrected chi connectivity index (χ0v) is 10.7. The molecule has 1 heterocycles. The molecule has 0 bridgehead atoms. The first-order valence-electron chi connectivity index (χ1n) is 6.33. The van der Waals surface area contributed by atoms with E-state index in [1.165, 1.54) is 0 Å². The van der Waals surface area contributed by atoms with Gasteiger partial charge < -0.3 is 10.6 Å². The standard InChI is InChI=1S/C14H17FN2O/c1-14(2)11-10(6-5-9(16)12(11)15)17(13(14)18)7-8-3-4-8/h5-6,8H,3-4,7,16H2,1-2H3. The summed E-state index contributed by atoms with van der Waals surface area (Å²) < 4.78 is 14.2. The quantitative estimate of drug-likeness (QED) is 0.817. The summed E-state index contributed by atoms with van der Waals surface area (Å²) in [5, 5.41) is 0. The lowest BCUT2D eigenvalue weighted by Crippen LogP contribution is -2.37.